The highest BCUT2D eigenvalue weighted by atomic mass is 79.9. The molecule has 3 atom stereocenters. The van der Waals surface area contributed by atoms with Crippen molar-refractivity contribution in [2.45, 2.75) is 39.7 Å². The number of aromatic nitrogens is 2. The number of nitrogens with zero attached hydrogens (tertiary/aromatic N) is 2. The molecule has 1 aromatic rings. The molecule has 0 saturated heterocycles. The molecule has 88 valence electrons. The Morgan fingerprint density at radius 3 is 2.62 bits per heavy atom. The van der Waals surface area contributed by atoms with Gasteiger partial charge in [-0.25, -0.2) is 9.97 Å². The average molecular weight is 284 g/mol. The lowest BCUT2D eigenvalue weighted by Gasteiger charge is -2.20. The van der Waals surface area contributed by atoms with Crippen LogP contribution in [-0.2, 0) is 0 Å². The van der Waals surface area contributed by atoms with Crippen molar-refractivity contribution in [2.24, 2.45) is 11.8 Å². The molecule has 1 aromatic heterocycles. The lowest BCUT2D eigenvalue weighted by Crippen LogP contribution is -2.24. The van der Waals surface area contributed by atoms with Gasteiger partial charge < -0.3 is 5.32 Å². The maximum absolute atomic E-state index is 4.40. The Morgan fingerprint density at radius 1 is 1.31 bits per heavy atom. The number of nitrogens with one attached hydrogen (secondary N) is 1. The Bertz CT molecular complexity index is 360. The second-order valence-electron chi connectivity index (χ2n) is 4.79. The van der Waals surface area contributed by atoms with Gasteiger partial charge in [-0.05, 0) is 47.5 Å². The van der Waals surface area contributed by atoms with Crippen molar-refractivity contribution in [3.8, 4) is 0 Å². The van der Waals surface area contributed by atoms with Crippen LogP contribution in [-0.4, -0.2) is 16.0 Å². The molecule has 1 aliphatic rings. The fourth-order valence-corrected chi connectivity index (χ4v) is 2.84. The van der Waals surface area contributed by atoms with E-state index in [-0.39, 0.29) is 0 Å². The molecule has 1 fully saturated rings. The van der Waals surface area contributed by atoms with Crippen molar-refractivity contribution in [3.05, 3.63) is 16.5 Å². The molecule has 16 heavy (non-hydrogen) atoms. The summed E-state index contributed by atoms with van der Waals surface area (Å²) in [5.41, 5.74) is 0. The normalized spacial score (nSPS) is 29.4. The number of hydrogen-bond donors (Lipinski definition) is 1. The molecular weight excluding hydrogens is 266 g/mol. The quantitative estimate of drug-likeness (QED) is 0.846. The molecule has 1 N–H and O–H groups in total. The molecular formula is C12H18BrN3. The van der Waals surface area contributed by atoms with Crippen molar-refractivity contribution < 1.29 is 0 Å². The predicted molar refractivity (Wildman–Crippen MR) is 69.4 cm³/mol. The molecule has 1 saturated carbocycles. The molecule has 0 amide bonds. The molecule has 0 bridgehead atoms. The van der Waals surface area contributed by atoms with Crippen LogP contribution in [0.5, 0.6) is 0 Å². The fourth-order valence-electron chi connectivity index (χ4n) is 2.36. The Labute approximate surface area is 105 Å². The van der Waals surface area contributed by atoms with Crippen LogP contribution >= 0.6 is 15.9 Å². The van der Waals surface area contributed by atoms with Gasteiger partial charge in [-0.15, -0.1) is 0 Å². The summed E-state index contributed by atoms with van der Waals surface area (Å²) < 4.78 is 0.848. The Morgan fingerprint density at radius 2 is 2.06 bits per heavy atom. The zero-order valence-electron chi connectivity index (χ0n) is 10.00. The van der Waals surface area contributed by atoms with Crippen LogP contribution in [0.1, 0.15) is 32.5 Å². The Hall–Kier alpha value is -0.640. The number of hydrogen-bond acceptors (Lipinski definition) is 3. The summed E-state index contributed by atoms with van der Waals surface area (Å²) in [6.45, 7) is 6.56. The van der Waals surface area contributed by atoms with Crippen molar-refractivity contribution >= 4 is 21.7 Å². The second kappa shape index (κ2) is 4.70. The standard InChI is InChI=1S/C12H18BrN3/c1-7-4-5-10(8(7)2)16-12-6-11(13)14-9(3)15-12/h6-8,10H,4-5H2,1-3H3,(H,14,15,16). The van der Waals surface area contributed by atoms with E-state index in [1.165, 1.54) is 12.8 Å². The predicted octanol–water partition coefficient (Wildman–Crippen LogP) is 3.39. The third-order valence-electron chi connectivity index (χ3n) is 3.61. The van der Waals surface area contributed by atoms with E-state index in [2.05, 4.69) is 45.1 Å². The molecule has 1 aliphatic carbocycles. The topological polar surface area (TPSA) is 37.8 Å². The first-order chi connectivity index (χ1) is 7.56. The minimum absolute atomic E-state index is 0.552. The first-order valence-corrected chi connectivity index (χ1v) is 6.63. The van der Waals surface area contributed by atoms with Gasteiger partial charge in [0.25, 0.3) is 0 Å². The first-order valence-electron chi connectivity index (χ1n) is 5.84. The fraction of sp³-hybridized carbons (Fsp3) is 0.667. The van der Waals surface area contributed by atoms with Gasteiger partial charge in [-0.1, -0.05) is 13.8 Å². The third-order valence-corrected chi connectivity index (χ3v) is 4.01. The first kappa shape index (κ1) is 11.8. The van der Waals surface area contributed by atoms with E-state index in [0.29, 0.717) is 12.0 Å². The van der Waals surface area contributed by atoms with Crippen LogP contribution in [0.15, 0.2) is 10.7 Å². The van der Waals surface area contributed by atoms with Crippen molar-refractivity contribution in [3.63, 3.8) is 0 Å². The Balaban J connectivity index is 2.09. The summed E-state index contributed by atoms with van der Waals surface area (Å²) in [4.78, 5) is 8.61. The monoisotopic (exact) mass is 283 g/mol. The van der Waals surface area contributed by atoms with Gasteiger partial charge in [0.05, 0.1) is 0 Å². The van der Waals surface area contributed by atoms with Crippen LogP contribution in [0.3, 0.4) is 0 Å². The summed E-state index contributed by atoms with van der Waals surface area (Å²) in [5.74, 6) is 3.26. The SMILES string of the molecule is Cc1nc(Br)cc(NC2CCC(C)C2C)n1. The van der Waals surface area contributed by atoms with Crippen LogP contribution in [0.2, 0.25) is 0 Å². The largest absolute Gasteiger partial charge is 0.367 e. The van der Waals surface area contributed by atoms with Gasteiger partial charge in [-0.3, -0.25) is 0 Å². The molecule has 0 spiro atoms. The molecule has 3 unspecified atom stereocenters. The molecule has 0 aromatic carbocycles. The van der Waals surface area contributed by atoms with E-state index in [0.717, 1.165) is 22.2 Å². The molecule has 3 nitrogen and oxygen atoms in total. The minimum Gasteiger partial charge on any atom is -0.367 e. The highest BCUT2D eigenvalue weighted by Gasteiger charge is 2.29. The molecule has 0 radical (unpaired) electrons. The summed E-state index contributed by atoms with van der Waals surface area (Å²) >= 11 is 3.40. The second-order valence-corrected chi connectivity index (χ2v) is 5.60. The van der Waals surface area contributed by atoms with Gasteiger partial charge in [0, 0.05) is 12.1 Å². The highest BCUT2D eigenvalue weighted by Crippen LogP contribution is 2.33. The lowest BCUT2D eigenvalue weighted by molar-refractivity contribution is 0.435. The van der Waals surface area contributed by atoms with E-state index in [1.807, 2.05) is 13.0 Å². The van der Waals surface area contributed by atoms with E-state index in [1.54, 1.807) is 0 Å². The minimum atomic E-state index is 0.552. The van der Waals surface area contributed by atoms with E-state index < -0.39 is 0 Å². The summed E-state index contributed by atoms with van der Waals surface area (Å²) in [6.07, 6.45) is 2.55. The maximum atomic E-state index is 4.40. The zero-order valence-corrected chi connectivity index (χ0v) is 11.6. The summed E-state index contributed by atoms with van der Waals surface area (Å²) in [6, 6.07) is 2.50. The van der Waals surface area contributed by atoms with Crippen LogP contribution in [0.4, 0.5) is 5.82 Å². The van der Waals surface area contributed by atoms with Crippen molar-refractivity contribution in [1.82, 2.24) is 9.97 Å². The highest BCUT2D eigenvalue weighted by molar-refractivity contribution is 9.10. The number of aryl methyl sites for hydroxylation is 1. The van der Waals surface area contributed by atoms with E-state index >= 15 is 0 Å². The number of anilines is 1. The van der Waals surface area contributed by atoms with Gasteiger partial charge in [-0.2, -0.15) is 0 Å². The number of rotatable bonds is 2. The molecule has 1 heterocycles. The van der Waals surface area contributed by atoms with Crippen LogP contribution in [0.25, 0.3) is 0 Å². The lowest BCUT2D eigenvalue weighted by atomic mass is 9.98. The smallest absolute Gasteiger partial charge is 0.131 e. The van der Waals surface area contributed by atoms with Crippen molar-refractivity contribution in [2.75, 3.05) is 5.32 Å². The summed E-state index contributed by atoms with van der Waals surface area (Å²) in [7, 11) is 0. The van der Waals surface area contributed by atoms with E-state index in [4.69, 9.17) is 0 Å². The zero-order chi connectivity index (χ0) is 11.7. The average Bonchev–Trinajstić information content (AvgIpc) is 2.48. The molecule has 2 rings (SSSR count). The molecule has 4 heteroatoms. The van der Waals surface area contributed by atoms with Crippen LogP contribution < -0.4 is 5.32 Å². The third kappa shape index (κ3) is 2.54. The number of halogens is 1. The van der Waals surface area contributed by atoms with Crippen molar-refractivity contribution in [1.29, 1.82) is 0 Å². The maximum Gasteiger partial charge on any atom is 0.131 e. The summed E-state index contributed by atoms with van der Waals surface area (Å²) in [5, 5.41) is 3.52. The van der Waals surface area contributed by atoms with Gasteiger partial charge in [0.2, 0.25) is 0 Å². The molecule has 0 aliphatic heterocycles. The van der Waals surface area contributed by atoms with Gasteiger partial charge >= 0.3 is 0 Å². The van der Waals surface area contributed by atoms with Gasteiger partial charge in [0.1, 0.15) is 16.2 Å². The Kier molecular flexibility index (Phi) is 3.47. The van der Waals surface area contributed by atoms with Crippen LogP contribution in [0, 0.1) is 18.8 Å². The van der Waals surface area contributed by atoms with E-state index in [9.17, 15) is 0 Å². The van der Waals surface area contributed by atoms with Gasteiger partial charge in [0.15, 0.2) is 0 Å².